The van der Waals surface area contributed by atoms with Crippen LogP contribution in [-0.4, -0.2) is 47.6 Å². The van der Waals surface area contributed by atoms with Crippen LogP contribution in [0, 0.1) is 11.7 Å². The number of carbonyl (C=O) groups excluding carboxylic acids is 1. The SMILES string of the molecule is CC(C)COc1ccc(CNC(=O)N(Cc2ccc(F)cn2)C2CCNCC2(F)F)cc1. The fourth-order valence-corrected chi connectivity index (χ4v) is 3.45. The molecule has 1 aromatic heterocycles. The van der Waals surface area contributed by atoms with Gasteiger partial charge in [0, 0.05) is 6.54 Å². The average Bonchev–Trinajstić information content (AvgIpc) is 2.76. The predicted octanol–water partition coefficient (Wildman–Crippen LogP) is 3.96. The number of alkyl halides is 2. The van der Waals surface area contributed by atoms with Crippen LogP contribution in [0.3, 0.4) is 0 Å². The van der Waals surface area contributed by atoms with Crippen LogP contribution in [0.5, 0.6) is 5.75 Å². The molecular formula is C23H29F3N4O2. The number of amides is 2. The zero-order chi connectivity index (χ0) is 23.1. The highest BCUT2D eigenvalue weighted by molar-refractivity contribution is 5.74. The smallest absolute Gasteiger partial charge is 0.318 e. The first-order chi connectivity index (χ1) is 15.2. The number of hydrogen-bond acceptors (Lipinski definition) is 4. The Labute approximate surface area is 186 Å². The van der Waals surface area contributed by atoms with Gasteiger partial charge in [-0.2, -0.15) is 0 Å². The number of nitrogens with one attached hydrogen (secondary N) is 2. The number of carbonyl (C=O) groups is 1. The van der Waals surface area contributed by atoms with Gasteiger partial charge in [-0.25, -0.2) is 18.0 Å². The lowest BCUT2D eigenvalue weighted by atomic mass is 10.0. The summed E-state index contributed by atoms with van der Waals surface area (Å²) in [6.45, 7) is 4.62. The third kappa shape index (κ3) is 6.59. The van der Waals surface area contributed by atoms with E-state index < -0.39 is 30.4 Å². The van der Waals surface area contributed by atoms with Crippen LogP contribution in [0.1, 0.15) is 31.5 Å². The second-order valence-corrected chi connectivity index (χ2v) is 8.35. The van der Waals surface area contributed by atoms with Crippen molar-refractivity contribution in [2.24, 2.45) is 5.92 Å². The summed E-state index contributed by atoms with van der Waals surface area (Å²) in [6.07, 6.45) is 1.11. The van der Waals surface area contributed by atoms with Gasteiger partial charge in [-0.3, -0.25) is 4.98 Å². The third-order valence-electron chi connectivity index (χ3n) is 5.15. The molecule has 32 heavy (non-hydrogen) atoms. The molecule has 0 bridgehead atoms. The number of ether oxygens (including phenoxy) is 1. The van der Waals surface area contributed by atoms with Gasteiger partial charge in [0.2, 0.25) is 0 Å². The number of pyridine rings is 1. The van der Waals surface area contributed by atoms with E-state index in [0.717, 1.165) is 22.4 Å². The number of benzene rings is 1. The number of halogens is 3. The van der Waals surface area contributed by atoms with Gasteiger partial charge in [0.25, 0.3) is 5.92 Å². The first kappa shape index (κ1) is 23.8. The van der Waals surface area contributed by atoms with E-state index in [1.165, 1.54) is 12.1 Å². The van der Waals surface area contributed by atoms with Crippen LogP contribution in [0.15, 0.2) is 42.6 Å². The zero-order valence-corrected chi connectivity index (χ0v) is 18.3. The molecule has 174 valence electrons. The molecule has 0 spiro atoms. The maximum atomic E-state index is 14.6. The number of piperidine rings is 1. The fraction of sp³-hybridized carbons (Fsp3) is 0.478. The molecule has 2 amide bonds. The molecule has 0 aliphatic carbocycles. The molecule has 0 radical (unpaired) electrons. The van der Waals surface area contributed by atoms with Crippen LogP contribution in [-0.2, 0) is 13.1 Å². The van der Waals surface area contributed by atoms with E-state index in [-0.39, 0.29) is 19.5 Å². The van der Waals surface area contributed by atoms with E-state index in [2.05, 4.69) is 29.5 Å². The standard InChI is InChI=1S/C23H29F3N4O2/c1-16(2)14-32-20-7-3-17(4-8-20)11-29-22(31)30(13-19-6-5-18(24)12-28-19)21-9-10-27-15-23(21,25)26/h3-8,12,16,21,27H,9-11,13-15H2,1-2H3,(H,29,31). The number of urea groups is 1. The van der Waals surface area contributed by atoms with Gasteiger partial charge in [-0.05, 0) is 48.7 Å². The van der Waals surface area contributed by atoms with Gasteiger partial charge >= 0.3 is 6.03 Å². The topological polar surface area (TPSA) is 66.5 Å². The Balaban J connectivity index is 1.68. The van der Waals surface area contributed by atoms with E-state index in [0.29, 0.717) is 24.8 Å². The molecule has 1 aromatic carbocycles. The van der Waals surface area contributed by atoms with Crippen LogP contribution in [0.25, 0.3) is 0 Å². The Bertz CT molecular complexity index is 876. The fourth-order valence-electron chi connectivity index (χ4n) is 3.45. The number of aromatic nitrogens is 1. The van der Waals surface area contributed by atoms with Crippen LogP contribution < -0.4 is 15.4 Å². The summed E-state index contributed by atoms with van der Waals surface area (Å²) in [5, 5.41) is 5.39. The van der Waals surface area contributed by atoms with E-state index in [4.69, 9.17) is 4.74 Å². The van der Waals surface area contributed by atoms with E-state index >= 15 is 0 Å². The van der Waals surface area contributed by atoms with Crippen molar-refractivity contribution >= 4 is 6.03 Å². The van der Waals surface area contributed by atoms with Gasteiger partial charge in [0.05, 0.1) is 37.6 Å². The molecule has 2 N–H and O–H groups in total. The summed E-state index contributed by atoms with van der Waals surface area (Å²) >= 11 is 0. The molecule has 1 aliphatic rings. The highest BCUT2D eigenvalue weighted by Crippen LogP contribution is 2.29. The summed E-state index contributed by atoms with van der Waals surface area (Å²) in [4.78, 5) is 18.0. The number of rotatable bonds is 8. The Hall–Kier alpha value is -2.81. The van der Waals surface area contributed by atoms with E-state index in [1.54, 1.807) is 0 Å². The van der Waals surface area contributed by atoms with Crippen molar-refractivity contribution in [1.29, 1.82) is 0 Å². The van der Waals surface area contributed by atoms with Gasteiger partial charge < -0.3 is 20.3 Å². The lowest BCUT2D eigenvalue weighted by Crippen LogP contribution is -2.60. The van der Waals surface area contributed by atoms with Crippen molar-refractivity contribution in [3.05, 3.63) is 59.7 Å². The quantitative estimate of drug-likeness (QED) is 0.639. The highest BCUT2D eigenvalue weighted by Gasteiger charge is 2.46. The summed E-state index contributed by atoms with van der Waals surface area (Å²) in [5.74, 6) is -2.49. The van der Waals surface area contributed by atoms with Crippen LogP contribution in [0.4, 0.5) is 18.0 Å². The van der Waals surface area contributed by atoms with Crippen molar-refractivity contribution in [3.8, 4) is 5.75 Å². The molecular weight excluding hydrogens is 421 g/mol. The molecule has 3 rings (SSSR count). The lowest BCUT2D eigenvalue weighted by Gasteiger charge is -2.39. The van der Waals surface area contributed by atoms with E-state index in [1.807, 2.05) is 24.3 Å². The average molecular weight is 451 g/mol. The molecule has 9 heteroatoms. The Morgan fingerprint density at radius 1 is 1.28 bits per heavy atom. The van der Waals surface area contributed by atoms with Crippen molar-refractivity contribution in [1.82, 2.24) is 20.5 Å². The van der Waals surface area contributed by atoms with Crippen molar-refractivity contribution in [2.45, 2.75) is 45.3 Å². The first-order valence-corrected chi connectivity index (χ1v) is 10.7. The van der Waals surface area contributed by atoms with Crippen LogP contribution in [0.2, 0.25) is 0 Å². The number of nitrogens with zero attached hydrogens (tertiary/aromatic N) is 2. The largest absolute Gasteiger partial charge is 0.493 e. The Kier molecular flexibility index (Phi) is 7.95. The van der Waals surface area contributed by atoms with Gasteiger partial charge in [0.1, 0.15) is 11.6 Å². The van der Waals surface area contributed by atoms with Crippen LogP contribution >= 0.6 is 0 Å². The summed E-state index contributed by atoms with van der Waals surface area (Å²) < 4.78 is 48.0. The minimum absolute atomic E-state index is 0.101. The maximum Gasteiger partial charge on any atom is 0.318 e. The summed E-state index contributed by atoms with van der Waals surface area (Å²) in [7, 11) is 0. The molecule has 2 aromatic rings. The molecule has 6 nitrogen and oxygen atoms in total. The second kappa shape index (κ2) is 10.7. The Morgan fingerprint density at radius 3 is 2.66 bits per heavy atom. The van der Waals surface area contributed by atoms with Crippen molar-refractivity contribution < 1.29 is 22.7 Å². The second-order valence-electron chi connectivity index (χ2n) is 8.35. The van der Waals surface area contributed by atoms with E-state index in [9.17, 15) is 18.0 Å². The molecule has 2 heterocycles. The van der Waals surface area contributed by atoms with Gasteiger partial charge in [-0.15, -0.1) is 0 Å². The molecule has 1 atom stereocenters. The lowest BCUT2D eigenvalue weighted by molar-refractivity contribution is -0.0854. The first-order valence-electron chi connectivity index (χ1n) is 10.7. The highest BCUT2D eigenvalue weighted by atomic mass is 19.3. The minimum atomic E-state index is -3.09. The zero-order valence-electron chi connectivity index (χ0n) is 18.3. The van der Waals surface area contributed by atoms with Gasteiger partial charge in [0.15, 0.2) is 0 Å². The summed E-state index contributed by atoms with van der Waals surface area (Å²) in [5.41, 5.74) is 1.15. The normalized spacial score (nSPS) is 17.8. The maximum absolute atomic E-state index is 14.6. The summed E-state index contributed by atoms with van der Waals surface area (Å²) in [6, 6.07) is 7.94. The minimum Gasteiger partial charge on any atom is -0.493 e. The van der Waals surface area contributed by atoms with Gasteiger partial charge in [-0.1, -0.05) is 26.0 Å². The molecule has 1 unspecified atom stereocenters. The molecule has 1 saturated heterocycles. The van der Waals surface area contributed by atoms with Crippen molar-refractivity contribution in [2.75, 3.05) is 19.7 Å². The molecule has 1 aliphatic heterocycles. The molecule has 1 fully saturated rings. The predicted molar refractivity (Wildman–Crippen MR) is 115 cm³/mol. The third-order valence-corrected chi connectivity index (χ3v) is 5.15. The monoisotopic (exact) mass is 450 g/mol. The molecule has 0 saturated carbocycles. The van der Waals surface area contributed by atoms with Crippen molar-refractivity contribution in [3.63, 3.8) is 0 Å². The number of hydrogen-bond donors (Lipinski definition) is 2. The Morgan fingerprint density at radius 2 is 2.03 bits per heavy atom.